The van der Waals surface area contributed by atoms with E-state index in [-0.39, 0.29) is 16.9 Å². The third kappa shape index (κ3) is 3.14. The van der Waals surface area contributed by atoms with Crippen molar-refractivity contribution in [1.29, 1.82) is 5.26 Å². The van der Waals surface area contributed by atoms with Gasteiger partial charge in [0.1, 0.15) is 6.07 Å². The molecule has 2 atom stereocenters. The summed E-state index contributed by atoms with van der Waals surface area (Å²) < 4.78 is 5.50. The lowest BCUT2D eigenvalue weighted by Gasteiger charge is -2.58. The van der Waals surface area contributed by atoms with Gasteiger partial charge in [-0.3, -0.25) is 9.59 Å². The van der Waals surface area contributed by atoms with E-state index in [9.17, 15) is 9.59 Å². The lowest BCUT2D eigenvalue weighted by Crippen LogP contribution is -2.56. The molecule has 6 heteroatoms. The molecule has 0 aliphatic heterocycles. The van der Waals surface area contributed by atoms with Gasteiger partial charge in [-0.1, -0.05) is 28.1 Å². The van der Waals surface area contributed by atoms with Gasteiger partial charge < -0.3 is 10.1 Å². The van der Waals surface area contributed by atoms with Gasteiger partial charge >= 0.3 is 5.97 Å². The molecule has 136 valence electrons. The standard InChI is InChI=1S/C20H21BrN2O3/c21-20-8-13-5-14(9-20)7-19(6-13,12-20)18(25)26-11-17(24)23-16-4-2-1-3-15(16)10-22/h1-4,13-14H,5-9,11-12H2,(H,23,24)/t13-,14-,19?,20?/m1/s1. The number of nitrogens with one attached hydrogen (secondary N) is 1. The highest BCUT2D eigenvalue weighted by Gasteiger charge is 2.60. The zero-order chi connectivity index (χ0) is 18.4. The number of benzene rings is 1. The molecule has 0 unspecified atom stereocenters. The van der Waals surface area contributed by atoms with E-state index in [1.54, 1.807) is 24.3 Å². The Balaban J connectivity index is 1.38. The monoisotopic (exact) mass is 416 g/mol. The number of hydrogen-bond acceptors (Lipinski definition) is 4. The lowest BCUT2D eigenvalue weighted by molar-refractivity contribution is -0.170. The van der Waals surface area contributed by atoms with Crippen LogP contribution in [-0.2, 0) is 14.3 Å². The van der Waals surface area contributed by atoms with Crippen molar-refractivity contribution in [3.05, 3.63) is 29.8 Å². The Labute approximate surface area is 161 Å². The number of amides is 1. The van der Waals surface area contributed by atoms with E-state index < -0.39 is 11.3 Å². The molecule has 4 aliphatic carbocycles. The van der Waals surface area contributed by atoms with Crippen LogP contribution in [0, 0.1) is 28.6 Å². The summed E-state index contributed by atoms with van der Waals surface area (Å²) in [5.41, 5.74) is 0.387. The fourth-order valence-corrected chi connectivity index (χ4v) is 7.00. The molecule has 1 amide bonds. The van der Waals surface area contributed by atoms with Crippen LogP contribution in [-0.4, -0.2) is 22.8 Å². The number of carbonyl (C=O) groups is 2. The molecule has 5 nitrogen and oxygen atoms in total. The molecular formula is C20H21BrN2O3. The van der Waals surface area contributed by atoms with Gasteiger partial charge in [-0.2, -0.15) is 5.26 Å². The normalized spacial score (nSPS) is 34.2. The molecule has 0 radical (unpaired) electrons. The number of hydrogen-bond donors (Lipinski definition) is 1. The zero-order valence-electron chi connectivity index (χ0n) is 14.5. The minimum atomic E-state index is -0.432. The van der Waals surface area contributed by atoms with Crippen molar-refractivity contribution in [2.24, 2.45) is 17.3 Å². The van der Waals surface area contributed by atoms with E-state index in [0.717, 1.165) is 32.1 Å². The van der Waals surface area contributed by atoms with Gasteiger partial charge in [-0.15, -0.1) is 0 Å². The Morgan fingerprint density at radius 1 is 1.23 bits per heavy atom. The molecule has 5 rings (SSSR count). The molecule has 4 fully saturated rings. The van der Waals surface area contributed by atoms with Gasteiger partial charge in [0.15, 0.2) is 6.61 Å². The van der Waals surface area contributed by atoms with Crippen LogP contribution in [0.5, 0.6) is 0 Å². The highest BCUT2D eigenvalue weighted by atomic mass is 79.9. The Morgan fingerprint density at radius 2 is 1.92 bits per heavy atom. The topological polar surface area (TPSA) is 79.2 Å². The summed E-state index contributed by atoms with van der Waals surface area (Å²) in [5, 5.41) is 11.7. The van der Waals surface area contributed by atoms with Crippen LogP contribution < -0.4 is 5.32 Å². The number of nitriles is 1. The van der Waals surface area contributed by atoms with E-state index in [1.807, 2.05) is 6.07 Å². The Hall–Kier alpha value is -1.87. The molecular weight excluding hydrogens is 396 g/mol. The molecule has 1 aromatic rings. The van der Waals surface area contributed by atoms with Crippen molar-refractivity contribution in [2.45, 2.75) is 42.8 Å². The van der Waals surface area contributed by atoms with E-state index in [4.69, 9.17) is 10.00 Å². The predicted molar refractivity (Wildman–Crippen MR) is 99.5 cm³/mol. The van der Waals surface area contributed by atoms with Crippen molar-refractivity contribution < 1.29 is 14.3 Å². The van der Waals surface area contributed by atoms with Crippen LogP contribution in [0.4, 0.5) is 5.69 Å². The van der Waals surface area contributed by atoms with E-state index in [2.05, 4.69) is 21.2 Å². The summed E-state index contributed by atoms with van der Waals surface area (Å²) in [5.74, 6) is 0.512. The van der Waals surface area contributed by atoms with Gasteiger partial charge in [0.2, 0.25) is 0 Å². The third-order valence-corrected chi connectivity index (χ3v) is 7.01. The molecule has 1 N–H and O–H groups in total. The molecule has 0 spiro atoms. The molecule has 0 saturated heterocycles. The summed E-state index contributed by atoms with van der Waals surface area (Å²) in [6, 6.07) is 8.80. The average molecular weight is 417 g/mol. The van der Waals surface area contributed by atoms with Crippen LogP contribution in [0.25, 0.3) is 0 Å². The second-order valence-electron chi connectivity index (χ2n) is 8.17. The molecule has 0 aromatic heterocycles. The molecule has 1 aromatic carbocycles. The van der Waals surface area contributed by atoms with Crippen LogP contribution >= 0.6 is 15.9 Å². The highest BCUT2D eigenvalue weighted by Crippen LogP contribution is 2.64. The largest absolute Gasteiger partial charge is 0.455 e. The van der Waals surface area contributed by atoms with Crippen molar-refractivity contribution >= 4 is 33.5 Å². The van der Waals surface area contributed by atoms with E-state index in [0.29, 0.717) is 23.1 Å². The minimum absolute atomic E-state index is 0.0735. The quantitative estimate of drug-likeness (QED) is 0.598. The van der Waals surface area contributed by atoms with Gasteiger partial charge in [0.25, 0.3) is 5.91 Å². The highest BCUT2D eigenvalue weighted by molar-refractivity contribution is 9.10. The third-order valence-electron chi connectivity index (χ3n) is 6.08. The number of anilines is 1. The number of esters is 1. The summed E-state index contributed by atoms with van der Waals surface area (Å²) in [7, 11) is 0. The van der Waals surface area contributed by atoms with Crippen molar-refractivity contribution in [2.75, 3.05) is 11.9 Å². The molecule has 0 heterocycles. The first-order chi connectivity index (χ1) is 12.4. The molecule has 4 aliphatic rings. The van der Waals surface area contributed by atoms with Crippen LogP contribution in [0.2, 0.25) is 0 Å². The number of ether oxygens (including phenoxy) is 1. The maximum absolute atomic E-state index is 12.8. The van der Waals surface area contributed by atoms with Gasteiger partial charge in [0, 0.05) is 4.32 Å². The minimum Gasteiger partial charge on any atom is -0.455 e. The number of nitrogens with zero attached hydrogens (tertiary/aromatic N) is 1. The summed E-state index contributed by atoms with van der Waals surface area (Å²) >= 11 is 3.88. The number of alkyl halides is 1. The van der Waals surface area contributed by atoms with Crippen LogP contribution in [0.1, 0.15) is 44.1 Å². The smallest absolute Gasteiger partial charge is 0.312 e. The molecule has 4 saturated carbocycles. The summed E-state index contributed by atoms with van der Waals surface area (Å²) in [4.78, 5) is 25.0. The predicted octanol–water partition coefficient (Wildman–Crippen LogP) is 3.77. The maximum atomic E-state index is 12.8. The van der Waals surface area contributed by atoms with Crippen LogP contribution in [0.15, 0.2) is 24.3 Å². The fourth-order valence-electron chi connectivity index (χ4n) is 5.55. The number of rotatable bonds is 4. The zero-order valence-corrected chi connectivity index (χ0v) is 16.0. The number of halogens is 1. The average Bonchev–Trinajstić information content (AvgIpc) is 2.58. The summed E-state index contributed by atoms with van der Waals surface area (Å²) in [6.45, 7) is -0.315. The molecule has 4 bridgehead atoms. The number of para-hydroxylation sites is 1. The van der Waals surface area contributed by atoms with Gasteiger partial charge in [-0.25, -0.2) is 0 Å². The fraction of sp³-hybridized carbons (Fsp3) is 0.550. The van der Waals surface area contributed by atoms with Gasteiger partial charge in [-0.05, 0) is 62.5 Å². The van der Waals surface area contributed by atoms with E-state index >= 15 is 0 Å². The summed E-state index contributed by atoms with van der Waals surface area (Å²) in [6.07, 6.45) is 6.08. The Bertz CT molecular complexity index is 786. The first-order valence-electron chi connectivity index (χ1n) is 9.07. The van der Waals surface area contributed by atoms with E-state index in [1.165, 1.54) is 6.42 Å². The first-order valence-corrected chi connectivity index (χ1v) is 9.86. The molecule has 26 heavy (non-hydrogen) atoms. The number of carbonyl (C=O) groups excluding carboxylic acids is 2. The van der Waals surface area contributed by atoms with Crippen molar-refractivity contribution in [3.8, 4) is 6.07 Å². The SMILES string of the molecule is N#Cc1ccccc1NC(=O)COC(=O)C12C[C@H]3C[C@@H](CC(Br)(C3)C1)C2. The lowest BCUT2D eigenvalue weighted by atomic mass is 9.49. The Kier molecular flexibility index (Phi) is 4.31. The maximum Gasteiger partial charge on any atom is 0.312 e. The van der Waals surface area contributed by atoms with Crippen molar-refractivity contribution in [1.82, 2.24) is 0 Å². The van der Waals surface area contributed by atoms with Gasteiger partial charge in [0.05, 0.1) is 16.7 Å². The second kappa shape index (κ2) is 6.38. The Morgan fingerprint density at radius 3 is 2.58 bits per heavy atom. The second-order valence-corrected chi connectivity index (χ2v) is 9.86. The van der Waals surface area contributed by atoms with Crippen LogP contribution in [0.3, 0.4) is 0 Å². The van der Waals surface area contributed by atoms with Crippen molar-refractivity contribution in [3.63, 3.8) is 0 Å². The first kappa shape index (κ1) is 17.5.